The summed E-state index contributed by atoms with van der Waals surface area (Å²) < 4.78 is 9.85. The minimum atomic E-state index is -2.85. The zero-order valence-corrected chi connectivity index (χ0v) is 38.6. The second-order valence-corrected chi connectivity index (χ2v) is 24.2. The van der Waals surface area contributed by atoms with E-state index >= 15 is 0 Å². The lowest BCUT2D eigenvalue weighted by molar-refractivity contribution is 0.590. The number of para-hydroxylation sites is 3. The van der Waals surface area contributed by atoms with E-state index in [1.54, 1.807) is 0 Å². The first-order chi connectivity index (χ1) is 32.4. The second-order valence-electron chi connectivity index (χ2n) is 19.5. The summed E-state index contributed by atoms with van der Waals surface area (Å²) in [7, 11) is -2.85. The van der Waals surface area contributed by atoms with Crippen molar-refractivity contribution in [3.63, 3.8) is 0 Å². The Kier molecular flexibility index (Phi) is 7.22. The number of nitrogens with zero attached hydrogens (tertiary/aromatic N) is 2. The van der Waals surface area contributed by atoms with Gasteiger partial charge in [-0.15, -0.1) is 11.3 Å². The Labute approximate surface area is 388 Å². The summed E-state index contributed by atoms with van der Waals surface area (Å²) in [5.74, 6) is 0. The van der Waals surface area contributed by atoms with Crippen LogP contribution < -0.4 is 40.7 Å². The van der Waals surface area contributed by atoms with Crippen LogP contribution in [0.4, 0.5) is 28.4 Å². The van der Waals surface area contributed by atoms with Gasteiger partial charge >= 0.3 is 6.85 Å². The fraction of sp³-hybridized carbons (Fsp3) is 0.0667. The molecule has 66 heavy (non-hydrogen) atoms. The molecule has 0 unspecified atom stereocenters. The normalized spacial score (nSPS) is 14.6. The molecular formula is C60H41BN2OSSi. The van der Waals surface area contributed by atoms with Crippen molar-refractivity contribution in [1.82, 2.24) is 0 Å². The molecule has 0 radical (unpaired) electrons. The molecule has 0 saturated carbocycles. The van der Waals surface area contributed by atoms with Crippen molar-refractivity contribution >= 4 is 118 Å². The standard InChI is InChI=1S/C60H41BN2OSSi/c1-60(2,3)37-32-33-45(43(34-37)36-18-5-4-6-19-36)62-47-35-44-38-20-7-12-26-48(38)64-58(44)54-42-24-17-31-53-56(42)63(61(55(47)54)59-57(62)41-23-8-13-27-49(41)65-59)46-25-11-16-30-52(46)66(53)50-28-14-9-21-39(50)40-22-10-15-29-51(40)66/h4-35H,1-3H3. The van der Waals surface area contributed by atoms with Crippen LogP contribution in [0.1, 0.15) is 26.3 Å². The first-order valence-electron chi connectivity index (χ1n) is 23.1. The molecule has 310 valence electrons. The zero-order chi connectivity index (χ0) is 43.6. The Morgan fingerprint density at radius 3 is 1.94 bits per heavy atom. The fourth-order valence-electron chi connectivity index (χ4n) is 12.5. The van der Waals surface area contributed by atoms with Crippen LogP contribution in [0.25, 0.3) is 65.4 Å². The van der Waals surface area contributed by atoms with E-state index in [0.29, 0.717) is 0 Å². The maximum Gasteiger partial charge on any atom is 0.343 e. The monoisotopic (exact) mass is 876 g/mol. The third-order valence-corrected chi connectivity index (χ3v) is 21.3. The summed E-state index contributed by atoms with van der Waals surface area (Å²) in [6.07, 6.45) is 0. The third kappa shape index (κ3) is 4.53. The minimum Gasteiger partial charge on any atom is -0.455 e. The Hall–Kier alpha value is -7.38. The molecule has 9 aromatic carbocycles. The highest BCUT2D eigenvalue weighted by atomic mass is 32.1. The van der Waals surface area contributed by atoms with E-state index in [0.717, 1.165) is 21.9 Å². The van der Waals surface area contributed by atoms with Crippen molar-refractivity contribution < 1.29 is 4.42 Å². The summed E-state index contributed by atoms with van der Waals surface area (Å²) in [6, 6.07) is 73.7. The summed E-state index contributed by atoms with van der Waals surface area (Å²) in [5, 5.41) is 9.41. The molecule has 1 spiro atoms. The number of thiophene rings is 1. The number of benzene rings is 9. The van der Waals surface area contributed by atoms with Crippen LogP contribution in [-0.2, 0) is 5.41 Å². The molecule has 0 fully saturated rings. The maximum atomic E-state index is 7.22. The molecule has 15 rings (SSSR count). The lowest BCUT2D eigenvalue weighted by atomic mass is 9.46. The van der Waals surface area contributed by atoms with Gasteiger partial charge in [-0.05, 0) is 90.3 Å². The number of anilines is 5. The van der Waals surface area contributed by atoms with Crippen molar-refractivity contribution in [2.75, 3.05) is 9.71 Å². The van der Waals surface area contributed by atoms with Crippen molar-refractivity contribution in [1.29, 1.82) is 0 Å². The van der Waals surface area contributed by atoms with Gasteiger partial charge in [0, 0.05) is 59.4 Å². The number of rotatable bonds is 2. The molecule has 2 aromatic heterocycles. The van der Waals surface area contributed by atoms with E-state index in [1.165, 1.54) is 108 Å². The Morgan fingerprint density at radius 1 is 0.500 bits per heavy atom. The molecule has 0 atom stereocenters. The average Bonchev–Trinajstić information content (AvgIpc) is 4.02. The Bertz CT molecular complexity index is 3870. The number of hydrogen-bond donors (Lipinski definition) is 0. The predicted molar refractivity (Wildman–Crippen MR) is 283 cm³/mol. The van der Waals surface area contributed by atoms with Crippen molar-refractivity contribution in [3.05, 3.63) is 200 Å². The molecule has 11 aromatic rings. The van der Waals surface area contributed by atoms with E-state index in [9.17, 15) is 0 Å². The quantitative estimate of drug-likeness (QED) is 0.161. The first-order valence-corrected chi connectivity index (χ1v) is 25.9. The maximum absolute atomic E-state index is 7.22. The van der Waals surface area contributed by atoms with E-state index < -0.39 is 8.07 Å². The van der Waals surface area contributed by atoms with Gasteiger partial charge in [-0.2, -0.15) is 0 Å². The van der Waals surface area contributed by atoms with Gasteiger partial charge in [-0.25, -0.2) is 0 Å². The van der Waals surface area contributed by atoms with Gasteiger partial charge in [0.05, 0.1) is 11.4 Å². The van der Waals surface area contributed by atoms with Crippen molar-refractivity contribution in [3.8, 4) is 33.4 Å². The van der Waals surface area contributed by atoms with Crippen molar-refractivity contribution in [2.45, 2.75) is 26.2 Å². The summed E-state index contributed by atoms with van der Waals surface area (Å²) in [4.78, 5) is 5.42. The van der Waals surface area contributed by atoms with E-state index in [-0.39, 0.29) is 12.3 Å². The number of fused-ring (bicyclic) bond motifs is 19. The molecule has 4 aliphatic heterocycles. The molecule has 6 heterocycles. The number of furan rings is 1. The zero-order valence-electron chi connectivity index (χ0n) is 36.8. The lowest BCUT2D eigenvalue weighted by Crippen LogP contribution is -2.78. The predicted octanol–water partition coefficient (Wildman–Crippen LogP) is 12.1. The molecule has 0 N–H and O–H groups in total. The summed E-state index contributed by atoms with van der Waals surface area (Å²) >= 11 is 1.95. The summed E-state index contributed by atoms with van der Waals surface area (Å²) in [6.45, 7) is 6.83. The molecule has 0 amide bonds. The highest BCUT2D eigenvalue weighted by Crippen LogP contribution is 2.55. The van der Waals surface area contributed by atoms with Gasteiger partial charge in [0.15, 0.2) is 8.07 Å². The van der Waals surface area contributed by atoms with Crippen LogP contribution >= 0.6 is 11.3 Å². The lowest BCUT2D eigenvalue weighted by Gasteiger charge is -2.51. The molecule has 3 nitrogen and oxygen atoms in total. The average molecular weight is 877 g/mol. The highest BCUT2D eigenvalue weighted by molar-refractivity contribution is 7.33. The smallest absolute Gasteiger partial charge is 0.343 e. The topological polar surface area (TPSA) is 19.6 Å². The van der Waals surface area contributed by atoms with Gasteiger partial charge in [0.1, 0.15) is 11.2 Å². The SMILES string of the molecule is CC(C)(C)c1ccc(N2c3cc4c(oc5ccccc54)c4c3B(c3sc5ccccc5c32)N2c3ccccc3[Si]3(c5ccccc5-c5ccccc53)c3cccc-4c32)c(-c2ccccc2)c1. The fourth-order valence-corrected chi connectivity index (χ4v) is 19.4. The van der Waals surface area contributed by atoms with Gasteiger partial charge in [0.2, 0.25) is 0 Å². The van der Waals surface area contributed by atoms with Crippen LogP contribution in [0.3, 0.4) is 0 Å². The van der Waals surface area contributed by atoms with Crippen LogP contribution in [0.2, 0.25) is 0 Å². The van der Waals surface area contributed by atoms with Gasteiger partial charge in [0.25, 0.3) is 0 Å². The van der Waals surface area contributed by atoms with Crippen LogP contribution in [-0.4, -0.2) is 14.9 Å². The Morgan fingerprint density at radius 2 is 1.15 bits per heavy atom. The molecular weight excluding hydrogens is 836 g/mol. The molecule has 0 aliphatic carbocycles. The van der Waals surface area contributed by atoms with Crippen LogP contribution in [0, 0.1) is 0 Å². The van der Waals surface area contributed by atoms with Gasteiger partial charge in [-0.1, -0.05) is 178 Å². The van der Waals surface area contributed by atoms with E-state index in [1.807, 2.05) is 11.3 Å². The van der Waals surface area contributed by atoms with Gasteiger partial charge in [-0.3, -0.25) is 0 Å². The third-order valence-electron chi connectivity index (χ3n) is 15.2. The first kappa shape index (κ1) is 36.9. The molecule has 6 heteroatoms. The van der Waals surface area contributed by atoms with Crippen molar-refractivity contribution in [2.24, 2.45) is 0 Å². The molecule has 4 aliphatic rings. The van der Waals surface area contributed by atoms with E-state index in [4.69, 9.17) is 4.42 Å². The van der Waals surface area contributed by atoms with Gasteiger partial charge < -0.3 is 14.1 Å². The van der Waals surface area contributed by atoms with E-state index in [2.05, 4.69) is 225 Å². The summed E-state index contributed by atoms with van der Waals surface area (Å²) in [5.41, 5.74) is 18.3. The number of hydrogen-bond acceptors (Lipinski definition) is 4. The molecule has 0 saturated heterocycles. The van der Waals surface area contributed by atoms with Crippen LogP contribution in [0.15, 0.2) is 199 Å². The largest absolute Gasteiger partial charge is 0.455 e. The second kappa shape index (κ2) is 12.9. The Balaban J connectivity index is 1.14. The van der Waals surface area contributed by atoms with Crippen LogP contribution in [0.5, 0.6) is 0 Å². The minimum absolute atomic E-state index is 0.0346. The molecule has 0 bridgehead atoms. The highest BCUT2D eigenvalue weighted by Gasteiger charge is 2.58.